The van der Waals surface area contributed by atoms with Crippen LogP contribution in [0, 0.1) is 0 Å². The number of benzene rings is 2. The SMILES string of the molecule is CCN(CC)C(=NC(=S)NC(=O)c1ccccc1)c1ccccc1. The quantitative estimate of drug-likeness (QED) is 0.527. The van der Waals surface area contributed by atoms with E-state index in [2.05, 4.69) is 29.1 Å². The van der Waals surface area contributed by atoms with Crippen molar-refractivity contribution in [2.24, 2.45) is 4.99 Å². The van der Waals surface area contributed by atoms with Gasteiger partial charge in [0, 0.05) is 24.2 Å². The van der Waals surface area contributed by atoms with Crippen LogP contribution in [-0.2, 0) is 0 Å². The van der Waals surface area contributed by atoms with Crippen LogP contribution in [0.15, 0.2) is 65.7 Å². The first-order valence-electron chi connectivity index (χ1n) is 7.95. The van der Waals surface area contributed by atoms with E-state index in [4.69, 9.17) is 12.2 Å². The summed E-state index contributed by atoms with van der Waals surface area (Å²) in [7, 11) is 0. The smallest absolute Gasteiger partial charge is 0.257 e. The molecule has 0 fully saturated rings. The molecule has 0 aliphatic heterocycles. The van der Waals surface area contributed by atoms with Crippen LogP contribution in [0.1, 0.15) is 29.8 Å². The van der Waals surface area contributed by atoms with Crippen LogP contribution in [0.4, 0.5) is 0 Å². The van der Waals surface area contributed by atoms with E-state index in [1.807, 2.05) is 48.5 Å². The van der Waals surface area contributed by atoms with Gasteiger partial charge in [-0.2, -0.15) is 0 Å². The van der Waals surface area contributed by atoms with Crippen molar-refractivity contribution in [3.8, 4) is 0 Å². The maximum Gasteiger partial charge on any atom is 0.257 e. The molecule has 0 bridgehead atoms. The van der Waals surface area contributed by atoms with Crippen molar-refractivity contribution in [3.63, 3.8) is 0 Å². The van der Waals surface area contributed by atoms with E-state index >= 15 is 0 Å². The van der Waals surface area contributed by atoms with Gasteiger partial charge in [0.05, 0.1) is 0 Å². The van der Waals surface area contributed by atoms with Crippen LogP contribution in [-0.4, -0.2) is 34.8 Å². The Labute approximate surface area is 148 Å². The number of carbonyl (C=O) groups is 1. The molecule has 5 heteroatoms. The van der Waals surface area contributed by atoms with Crippen LogP contribution in [0.2, 0.25) is 0 Å². The highest BCUT2D eigenvalue weighted by molar-refractivity contribution is 7.80. The van der Waals surface area contributed by atoms with Gasteiger partial charge in [-0.3, -0.25) is 10.1 Å². The first-order chi connectivity index (χ1) is 11.7. The maximum absolute atomic E-state index is 12.2. The van der Waals surface area contributed by atoms with E-state index in [1.165, 1.54) is 0 Å². The van der Waals surface area contributed by atoms with Crippen molar-refractivity contribution in [2.45, 2.75) is 13.8 Å². The number of aliphatic imine (C=N–C) groups is 1. The van der Waals surface area contributed by atoms with Gasteiger partial charge in [-0.15, -0.1) is 0 Å². The van der Waals surface area contributed by atoms with Crippen molar-refractivity contribution in [1.29, 1.82) is 0 Å². The Bertz CT molecular complexity index is 710. The Morgan fingerprint density at radius 1 is 0.958 bits per heavy atom. The van der Waals surface area contributed by atoms with E-state index in [0.717, 1.165) is 24.5 Å². The molecule has 124 valence electrons. The van der Waals surface area contributed by atoms with Crippen molar-refractivity contribution >= 4 is 29.1 Å². The molecule has 4 nitrogen and oxygen atoms in total. The van der Waals surface area contributed by atoms with E-state index in [0.29, 0.717) is 5.56 Å². The zero-order valence-corrected chi connectivity index (χ0v) is 14.7. The van der Waals surface area contributed by atoms with Gasteiger partial charge in [-0.25, -0.2) is 4.99 Å². The fourth-order valence-corrected chi connectivity index (χ4v) is 2.49. The molecule has 0 aliphatic rings. The number of amidine groups is 1. The summed E-state index contributed by atoms with van der Waals surface area (Å²) >= 11 is 5.28. The van der Waals surface area contributed by atoms with Gasteiger partial charge in [0.15, 0.2) is 0 Å². The van der Waals surface area contributed by atoms with E-state index < -0.39 is 0 Å². The third kappa shape index (κ3) is 4.73. The van der Waals surface area contributed by atoms with Gasteiger partial charge < -0.3 is 4.90 Å². The predicted octanol–water partition coefficient (Wildman–Crippen LogP) is 3.49. The van der Waals surface area contributed by atoms with Gasteiger partial charge in [-0.05, 0) is 38.2 Å². The molecular weight excluding hydrogens is 318 g/mol. The molecule has 0 aromatic heterocycles. The zero-order chi connectivity index (χ0) is 17.4. The van der Waals surface area contributed by atoms with Crippen LogP contribution in [0.25, 0.3) is 0 Å². The summed E-state index contributed by atoms with van der Waals surface area (Å²) in [6, 6.07) is 18.8. The van der Waals surface area contributed by atoms with Crippen LogP contribution in [0.5, 0.6) is 0 Å². The molecule has 2 aromatic carbocycles. The van der Waals surface area contributed by atoms with Crippen LogP contribution in [0.3, 0.4) is 0 Å². The number of nitrogens with one attached hydrogen (secondary N) is 1. The Hall–Kier alpha value is -2.53. The first-order valence-corrected chi connectivity index (χ1v) is 8.36. The van der Waals surface area contributed by atoms with Crippen LogP contribution < -0.4 is 5.32 Å². The molecular formula is C19H21N3OS. The lowest BCUT2D eigenvalue weighted by Crippen LogP contribution is -2.35. The Morgan fingerprint density at radius 3 is 1.96 bits per heavy atom. The highest BCUT2D eigenvalue weighted by Gasteiger charge is 2.13. The topological polar surface area (TPSA) is 44.7 Å². The molecule has 0 aliphatic carbocycles. The number of rotatable bonds is 4. The minimum absolute atomic E-state index is 0.162. The van der Waals surface area contributed by atoms with Crippen LogP contribution >= 0.6 is 12.2 Å². The van der Waals surface area contributed by atoms with Crippen molar-refractivity contribution < 1.29 is 4.79 Å². The third-order valence-corrected chi connectivity index (χ3v) is 3.75. The average molecular weight is 339 g/mol. The Balaban J connectivity index is 2.22. The number of carbonyl (C=O) groups excluding carboxylic acids is 1. The highest BCUT2D eigenvalue weighted by atomic mass is 32.1. The molecule has 1 amide bonds. The molecule has 0 unspecified atom stereocenters. The monoisotopic (exact) mass is 339 g/mol. The summed E-state index contributed by atoms with van der Waals surface area (Å²) in [5, 5.41) is 2.84. The standard InChI is InChI=1S/C19H21N3OS/c1-3-22(4-2)17(15-11-7-5-8-12-15)20-19(24)21-18(23)16-13-9-6-10-14-16/h5-14H,3-4H2,1-2H3,(H,21,23,24). The molecule has 1 N–H and O–H groups in total. The summed E-state index contributed by atoms with van der Waals surface area (Å²) in [5.41, 5.74) is 1.52. The number of hydrogen-bond acceptors (Lipinski definition) is 2. The summed E-state index contributed by atoms with van der Waals surface area (Å²) in [6.07, 6.45) is 0. The van der Waals surface area contributed by atoms with Gasteiger partial charge in [0.25, 0.3) is 5.91 Å². The van der Waals surface area contributed by atoms with Gasteiger partial charge in [0.2, 0.25) is 5.11 Å². The van der Waals surface area contributed by atoms with E-state index in [1.54, 1.807) is 12.1 Å². The van der Waals surface area contributed by atoms with Gasteiger partial charge >= 0.3 is 0 Å². The maximum atomic E-state index is 12.2. The first kappa shape index (κ1) is 17.8. The summed E-state index contributed by atoms with van der Waals surface area (Å²) in [6.45, 7) is 5.74. The number of nitrogens with zero attached hydrogens (tertiary/aromatic N) is 2. The predicted molar refractivity (Wildman–Crippen MR) is 102 cm³/mol. The number of hydrogen-bond donors (Lipinski definition) is 1. The second-order valence-electron chi connectivity index (χ2n) is 5.10. The van der Waals surface area contributed by atoms with Crippen molar-refractivity contribution in [2.75, 3.05) is 13.1 Å². The van der Waals surface area contributed by atoms with Gasteiger partial charge in [-0.1, -0.05) is 48.5 Å². The molecule has 0 atom stereocenters. The second-order valence-corrected chi connectivity index (χ2v) is 5.49. The Kier molecular flexibility index (Phi) is 6.63. The third-order valence-electron chi connectivity index (χ3n) is 3.56. The molecule has 0 heterocycles. The minimum atomic E-state index is -0.253. The average Bonchev–Trinajstić information content (AvgIpc) is 2.63. The lowest BCUT2D eigenvalue weighted by Gasteiger charge is -2.23. The largest absolute Gasteiger partial charge is 0.357 e. The molecule has 2 rings (SSSR count). The molecule has 0 radical (unpaired) electrons. The number of amides is 1. The normalized spacial score (nSPS) is 11.0. The highest BCUT2D eigenvalue weighted by Crippen LogP contribution is 2.07. The lowest BCUT2D eigenvalue weighted by molar-refractivity contribution is 0.0977. The number of thiocarbonyl (C=S) groups is 1. The minimum Gasteiger partial charge on any atom is -0.357 e. The molecule has 0 saturated heterocycles. The molecule has 24 heavy (non-hydrogen) atoms. The fraction of sp³-hybridized carbons (Fsp3) is 0.211. The fourth-order valence-electron chi connectivity index (χ4n) is 2.31. The zero-order valence-electron chi connectivity index (χ0n) is 13.9. The molecule has 2 aromatic rings. The van der Waals surface area contributed by atoms with Crippen molar-refractivity contribution in [1.82, 2.24) is 10.2 Å². The van der Waals surface area contributed by atoms with E-state index in [9.17, 15) is 4.79 Å². The molecule has 0 saturated carbocycles. The second kappa shape index (κ2) is 8.93. The summed E-state index contributed by atoms with van der Waals surface area (Å²) < 4.78 is 0. The summed E-state index contributed by atoms with van der Waals surface area (Å²) in [4.78, 5) is 18.8. The lowest BCUT2D eigenvalue weighted by atomic mass is 10.2. The Morgan fingerprint density at radius 2 is 1.46 bits per heavy atom. The van der Waals surface area contributed by atoms with E-state index in [-0.39, 0.29) is 11.0 Å². The summed E-state index contributed by atoms with van der Waals surface area (Å²) in [5.74, 6) is 0.510. The van der Waals surface area contributed by atoms with Gasteiger partial charge in [0.1, 0.15) is 5.84 Å². The van der Waals surface area contributed by atoms with Crippen molar-refractivity contribution in [3.05, 3.63) is 71.8 Å². The molecule has 0 spiro atoms.